The van der Waals surface area contributed by atoms with Crippen molar-refractivity contribution >= 4 is 31.9 Å². The van der Waals surface area contributed by atoms with Gasteiger partial charge in [-0.05, 0) is 28.1 Å². The molecular formula is C10H9BrF4N2O3S. The molecule has 0 saturated carbocycles. The standard InChI is InChI=1S/C10H9BrF4N2O3S/c1-17(4-10(13,14)15)9(18)5-2-8(21(16,19)20)6(11)3-7(5)12/h2-3H,4H2,1H3,(H2,16,19,20). The van der Waals surface area contributed by atoms with E-state index in [2.05, 4.69) is 15.9 Å². The van der Waals surface area contributed by atoms with Crippen LogP contribution in [0, 0.1) is 5.82 Å². The van der Waals surface area contributed by atoms with Crippen molar-refractivity contribution in [2.24, 2.45) is 5.14 Å². The molecule has 1 aromatic carbocycles. The fraction of sp³-hybridized carbons (Fsp3) is 0.300. The van der Waals surface area contributed by atoms with E-state index in [0.717, 1.165) is 7.05 Å². The van der Waals surface area contributed by atoms with Gasteiger partial charge in [-0.25, -0.2) is 17.9 Å². The maximum Gasteiger partial charge on any atom is 0.406 e. The molecule has 0 unspecified atom stereocenters. The third-order valence-electron chi connectivity index (χ3n) is 2.32. The highest BCUT2D eigenvalue weighted by Gasteiger charge is 2.32. The van der Waals surface area contributed by atoms with Crippen molar-refractivity contribution < 1.29 is 30.8 Å². The van der Waals surface area contributed by atoms with Crippen LogP contribution in [0.3, 0.4) is 0 Å². The van der Waals surface area contributed by atoms with Crippen LogP contribution in [0.4, 0.5) is 17.6 Å². The molecule has 0 bridgehead atoms. The first-order valence-electron chi connectivity index (χ1n) is 5.17. The van der Waals surface area contributed by atoms with Crippen LogP contribution in [0.1, 0.15) is 10.4 Å². The van der Waals surface area contributed by atoms with E-state index in [-0.39, 0.29) is 9.37 Å². The van der Waals surface area contributed by atoms with Gasteiger partial charge in [0.1, 0.15) is 12.4 Å². The molecule has 0 saturated heterocycles. The van der Waals surface area contributed by atoms with E-state index in [4.69, 9.17) is 5.14 Å². The second-order valence-corrected chi connectivity index (χ2v) is 6.47. The Hall–Kier alpha value is -1.20. The SMILES string of the molecule is CN(CC(F)(F)F)C(=O)c1cc(S(N)(=O)=O)c(Br)cc1F. The number of alkyl halides is 3. The highest BCUT2D eigenvalue weighted by Crippen LogP contribution is 2.26. The molecule has 1 amide bonds. The number of nitrogens with two attached hydrogens (primary N) is 1. The minimum atomic E-state index is -4.67. The lowest BCUT2D eigenvalue weighted by Crippen LogP contribution is -2.36. The van der Waals surface area contributed by atoms with Crippen LogP contribution in [-0.2, 0) is 10.0 Å². The highest BCUT2D eigenvalue weighted by molar-refractivity contribution is 9.10. The zero-order chi connectivity index (χ0) is 16.6. The molecule has 5 nitrogen and oxygen atoms in total. The minimum absolute atomic E-state index is 0.221. The van der Waals surface area contributed by atoms with Gasteiger partial charge >= 0.3 is 6.18 Å². The lowest BCUT2D eigenvalue weighted by atomic mass is 10.2. The molecule has 0 aliphatic rings. The first-order chi connectivity index (χ1) is 9.33. The number of carbonyl (C=O) groups excluding carboxylic acids is 1. The summed E-state index contributed by atoms with van der Waals surface area (Å²) in [7, 11) is -3.46. The molecule has 0 spiro atoms. The van der Waals surface area contributed by atoms with Crippen molar-refractivity contribution in [3.05, 3.63) is 28.0 Å². The molecule has 0 aliphatic heterocycles. The predicted octanol–water partition coefficient (Wildman–Crippen LogP) is 1.87. The summed E-state index contributed by atoms with van der Waals surface area (Å²) in [6, 6.07) is 1.23. The Morgan fingerprint density at radius 2 is 1.90 bits per heavy atom. The van der Waals surface area contributed by atoms with Crippen LogP contribution in [0.2, 0.25) is 0 Å². The van der Waals surface area contributed by atoms with Crippen LogP contribution in [-0.4, -0.2) is 39.0 Å². The first-order valence-corrected chi connectivity index (χ1v) is 7.51. The van der Waals surface area contributed by atoms with Gasteiger partial charge < -0.3 is 4.90 Å². The number of amides is 1. The molecule has 0 aliphatic carbocycles. The van der Waals surface area contributed by atoms with Crippen molar-refractivity contribution in [3.8, 4) is 0 Å². The van der Waals surface area contributed by atoms with E-state index in [1.54, 1.807) is 0 Å². The molecular weight excluding hydrogens is 384 g/mol. The van der Waals surface area contributed by atoms with E-state index < -0.39 is 44.9 Å². The first kappa shape index (κ1) is 17.9. The van der Waals surface area contributed by atoms with Gasteiger partial charge in [-0.2, -0.15) is 13.2 Å². The number of hydrogen-bond acceptors (Lipinski definition) is 3. The van der Waals surface area contributed by atoms with Crippen molar-refractivity contribution in [2.45, 2.75) is 11.1 Å². The minimum Gasteiger partial charge on any atom is -0.333 e. The van der Waals surface area contributed by atoms with Crippen LogP contribution in [0.25, 0.3) is 0 Å². The molecule has 0 fully saturated rings. The van der Waals surface area contributed by atoms with Gasteiger partial charge in [0.05, 0.1) is 10.5 Å². The van der Waals surface area contributed by atoms with Gasteiger partial charge in [0, 0.05) is 11.5 Å². The Morgan fingerprint density at radius 1 is 1.38 bits per heavy atom. The molecule has 1 aromatic rings. The average Bonchev–Trinajstić information content (AvgIpc) is 2.23. The Bertz CT molecular complexity index is 676. The number of nitrogens with zero attached hydrogens (tertiary/aromatic N) is 1. The summed E-state index contributed by atoms with van der Waals surface area (Å²) < 4.78 is 72.6. The van der Waals surface area contributed by atoms with Crippen molar-refractivity contribution in [1.82, 2.24) is 4.90 Å². The molecule has 118 valence electrons. The average molecular weight is 393 g/mol. The largest absolute Gasteiger partial charge is 0.406 e. The maximum atomic E-state index is 13.7. The van der Waals surface area contributed by atoms with E-state index in [1.165, 1.54) is 0 Å². The number of benzene rings is 1. The molecule has 0 radical (unpaired) electrons. The molecule has 11 heteroatoms. The highest BCUT2D eigenvalue weighted by atomic mass is 79.9. The fourth-order valence-corrected chi connectivity index (χ4v) is 3.06. The van der Waals surface area contributed by atoms with Gasteiger partial charge in [-0.3, -0.25) is 4.79 Å². The predicted molar refractivity (Wildman–Crippen MR) is 68.5 cm³/mol. The normalized spacial score (nSPS) is 12.3. The van der Waals surface area contributed by atoms with E-state index >= 15 is 0 Å². The van der Waals surface area contributed by atoms with Gasteiger partial charge in [-0.15, -0.1) is 0 Å². The number of sulfonamides is 1. The second-order valence-electron chi connectivity index (χ2n) is 4.08. The Morgan fingerprint density at radius 3 is 2.33 bits per heavy atom. The Kier molecular flexibility index (Phi) is 5.01. The maximum absolute atomic E-state index is 13.7. The van der Waals surface area contributed by atoms with Crippen LogP contribution < -0.4 is 5.14 Å². The molecule has 0 heterocycles. The van der Waals surface area contributed by atoms with E-state index in [9.17, 15) is 30.8 Å². The lowest BCUT2D eigenvalue weighted by molar-refractivity contribution is -0.138. The topological polar surface area (TPSA) is 80.5 Å². The van der Waals surface area contributed by atoms with Crippen LogP contribution >= 0.6 is 15.9 Å². The summed E-state index contributed by atoms with van der Waals surface area (Å²) in [5.74, 6) is -2.49. The third kappa shape index (κ3) is 4.64. The van der Waals surface area contributed by atoms with Crippen molar-refractivity contribution in [3.63, 3.8) is 0 Å². The summed E-state index contributed by atoms with van der Waals surface area (Å²) >= 11 is 2.75. The number of halogens is 5. The Balaban J connectivity index is 3.28. The number of primary sulfonamides is 1. The van der Waals surface area contributed by atoms with Gasteiger partial charge in [0.15, 0.2) is 0 Å². The van der Waals surface area contributed by atoms with Crippen molar-refractivity contribution in [1.29, 1.82) is 0 Å². The molecule has 0 atom stereocenters. The third-order valence-corrected chi connectivity index (χ3v) is 4.19. The zero-order valence-corrected chi connectivity index (χ0v) is 12.8. The smallest absolute Gasteiger partial charge is 0.333 e. The zero-order valence-electron chi connectivity index (χ0n) is 10.4. The molecule has 21 heavy (non-hydrogen) atoms. The molecule has 2 N–H and O–H groups in total. The quantitative estimate of drug-likeness (QED) is 0.797. The van der Waals surface area contributed by atoms with E-state index in [1.807, 2.05) is 0 Å². The summed E-state index contributed by atoms with van der Waals surface area (Å²) in [5, 5.41) is 4.87. The number of carbonyl (C=O) groups is 1. The monoisotopic (exact) mass is 392 g/mol. The van der Waals surface area contributed by atoms with Gasteiger partial charge in [0.2, 0.25) is 10.0 Å². The summed E-state index contributed by atoms with van der Waals surface area (Å²) in [6.07, 6.45) is -4.67. The van der Waals surface area contributed by atoms with Crippen molar-refractivity contribution in [2.75, 3.05) is 13.6 Å². The van der Waals surface area contributed by atoms with Crippen LogP contribution in [0.15, 0.2) is 21.5 Å². The lowest BCUT2D eigenvalue weighted by Gasteiger charge is -2.19. The molecule has 0 aromatic heterocycles. The number of rotatable bonds is 3. The van der Waals surface area contributed by atoms with Crippen LogP contribution in [0.5, 0.6) is 0 Å². The van der Waals surface area contributed by atoms with E-state index in [0.29, 0.717) is 12.1 Å². The van der Waals surface area contributed by atoms with Gasteiger partial charge in [0.25, 0.3) is 5.91 Å². The molecule has 1 rings (SSSR count). The summed E-state index contributed by atoms with van der Waals surface area (Å²) in [5.41, 5.74) is -0.825. The summed E-state index contributed by atoms with van der Waals surface area (Å²) in [6.45, 7) is -1.61. The Labute approximate surface area is 125 Å². The second kappa shape index (κ2) is 5.89. The summed E-state index contributed by atoms with van der Waals surface area (Å²) in [4.78, 5) is 11.4. The fourth-order valence-electron chi connectivity index (χ4n) is 1.46. The number of hydrogen-bond donors (Lipinski definition) is 1. The van der Waals surface area contributed by atoms with Gasteiger partial charge in [-0.1, -0.05) is 0 Å².